The summed E-state index contributed by atoms with van der Waals surface area (Å²) in [5.74, 6) is 2.92. The zero-order chi connectivity index (χ0) is 20.8. The number of hydrogen-bond donors (Lipinski definition) is 1. The predicted octanol–water partition coefficient (Wildman–Crippen LogP) is 4.42. The normalized spacial score (nSPS) is 18.5. The number of ether oxygens (including phenoxy) is 4. The lowest BCUT2D eigenvalue weighted by Crippen LogP contribution is -2.31. The van der Waals surface area contributed by atoms with Gasteiger partial charge >= 0.3 is 0 Å². The Bertz CT molecular complexity index is 1130. The maximum absolute atomic E-state index is 5.64. The van der Waals surface area contributed by atoms with E-state index in [-0.39, 0.29) is 0 Å². The van der Waals surface area contributed by atoms with Crippen LogP contribution in [0.4, 0.5) is 5.69 Å². The van der Waals surface area contributed by atoms with E-state index in [1.54, 1.807) is 28.4 Å². The van der Waals surface area contributed by atoms with Crippen molar-refractivity contribution >= 4 is 27.2 Å². The minimum Gasteiger partial charge on any atom is -0.493 e. The van der Waals surface area contributed by atoms with Gasteiger partial charge in [-0.05, 0) is 65.4 Å². The molecule has 158 valence electrons. The molecule has 0 aliphatic carbocycles. The van der Waals surface area contributed by atoms with Crippen molar-refractivity contribution < 1.29 is 18.9 Å². The van der Waals surface area contributed by atoms with Crippen molar-refractivity contribution in [1.29, 1.82) is 0 Å². The Balaban J connectivity index is 1.89. The standard InChI is InChI=1S/C24H28N2O4/c1-27-20-8-15-16-9-21(28-2)23(30-4)11-18(16)24-19(17(15)10-22(20)29-3)13-26-7-5-6-14(26)12-25-24/h8-11,14,25H,5-7,12-13H2,1-4H3/t14-/m0/s1. The second-order valence-corrected chi connectivity index (χ2v) is 8.01. The monoisotopic (exact) mass is 408 g/mol. The highest BCUT2D eigenvalue weighted by Gasteiger charge is 2.30. The van der Waals surface area contributed by atoms with Gasteiger partial charge in [0, 0.05) is 30.2 Å². The van der Waals surface area contributed by atoms with Gasteiger partial charge in [0.25, 0.3) is 0 Å². The highest BCUT2D eigenvalue weighted by Crippen LogP contribution is 2.46. The number of rotatable bonds is 4. The van der Waals surface area contributed by atoms with Gasteiger partial charge in [0.05, 0.1) is 28.4 Å². The van der Waals surface area contributed by atoms with Gasteiger partial charge in [-0.25, -0.2) is 0 Å². The Kier molecular flexibility index (Phi) is 4.74. The summed E-state index contributed by atoms with van der Waals surface area (Å²) in [6.07, 6.45) is 2.50. The fourth-order valence-corrected chi connectivity index (χ4v) is 5.08. The van der Waals surface area contributed by atoms with Gasteiger partial charge in [-0.2, -0.15) is 0 Å². The molecule has 6 heteroatoms. The number of hydrogen-bond acceptors (Lipinski definition) is 6. The van der Waals surface area contributed by atoms with Crippen LogP contribution in [0.1, 0.15) is 18.4 Å². The molecule has 0 amide bonds. The first kappa shape index (κ1) is 19.1. The molecule has 0 spiro atoms. The third-order valence-corrected chi connectivity index (χ3v) is 6.61. The quantitative estimate of drug-likeness (QED) is 0.645. The predicted molar refractivity (Wildman–Crippen MR) is 120 cm³/mol. The molecule has 0 radical (unpaired) electrons. The number of benzene rings is 3. The van der Waals surface area contributed by atoms with E-state index < -0.39 is 0 Å². The van der Waals surface area contributed by atoms with Gasteiger partial charge < -0.3 is 24.3 Å². The van der Waals surface area contributed by atoms with Crippen molar-refractivity contribution in [3.8, 4) is 23.0 Å². The van der Waals surface area contributed by atoms with Gasteiger partial charge in [0.2, 0.25) is 0 Å². The minimum absolute atomic E-state index is 0.572. The Morgan fingerprint density at radius 3 is 1.90 bits per heavy atom. The fourth-order valence-electron chi connectivity index (χ4n) is 5.08. The summed E-state index contributed by atoms with van der Waals surface area (Å²) in [5, 5.41) is 8.34. The van der Waals surface area contributed by atoms with E-state index in [4.69, 9.17) is 18.9 Å². The number of methoxy groups -OCH3 is 4. The van der Waals surface area contributed by atoms with Crippen molar-refractivity contribution in [3.63, 3.8) is 0 Å². The average Bonchev–Trinajstić information content (AvgIpc) is 3.15. The van der Waals surface area contributed by atoms with Crippen LogP contribution < -0.4 is 24.3 Å². The van der Waals surface area contributed by atoms with E-state index in [0.29, 0.717) is 6.04 Å². The summed E-state index contributed by atoms with van der Waals surface area (Å²) in [5.41, 5.74) is 2.48. The second-order valence-electron chi connectivity index (χ2n) is 8.01. The van der Waals surface area contributed by atoms with Gasteiger partial charge in [0.15, 0.2) is 23.0 Å². The van der Waals surface area contributed by atoms with Crippen LogP contribution in [0.5, 0.6) is 23.0 Å². The minimum atomic E-state index is 0.572. The van der Waals surface area contributed by atoms with Crippen molar-refractivity contribution in [3.05, 3.63) is 29.8 Å². The molecule has 5 rings (SSSR count). The van der Waals surface area contributed by atoms with Crippen LogP contribution in [-0.4, -0.2) is 52.5 Å². The molecule has 0 bridgehead atoms. The fraction of sp³-hybridized carbons (Fsp3) is 0.417. The molecule has 0 saturated carbocycles. The second kappa shape index (κ2) is 7.43. The molecule has 2 heterocycles. The molecule has 3 aromatic carbocycles. The average molecular weight is 408 g/mol. The number of fused-ring (bicyclic) bond motifs is 7. The number of anilines is 1. The molecule has 0 aromatic heterocycles. The summed E-state index contributed by atoms with van der Waals surface area (Å²) in [6.45, 7) is 3.02. The lowest BCUT2D eigenvalue weighted by Gasteiger charge is -2.22. The summed E-state index contributed by atoms with van der Waals surface area (Å²) < 4.78 is 22.5. The van der Waals surface area contributed by atoms with Crippen molar-refractivity contribution in [1.82, 2.24) is 4.90 Å². The lowest BCUT2D eigenvalue weighted by atomic mass is 9.93. The maximum Gasteiger partial charge on any atom is 0.161 e. The molecule has 1 saturated heterocycles. The van der Waals surface area contributed by atoms with Gasteiger partial charge in [-0.1, -0.05) is 0 Å². The SMILES string of the molecule is COc1cc2c3c(c4cc(OC)c(OC)cc4c2cc1OC)NC[C@@H]1CCCN1C3. The third kappa shape index (κ3) is 2.82. The van der Waals surface area contributed by atoms with Crippen LogP contribution in [0.25, 0.3) is 21.5 Å². The van der Waals surface area contributed by atoms with E-state index in [1.807, 2.05) is 0 Å². The van der Waals surface area contributed by atoms with Gasteiger partial charge in [-0.15, -0.1) is 0 Å². The zero-order valence-corrected chi connectivity index (χ0v) is 18.0. The largest absolute Gasteiger partial charge is 0.493 e. The smallest absolute Gasteiger partial charge is 0.161 e. The Morgan fingerprint density at radius 2 is 1.30 bits per heavy atom. The van der Waals surface area contributed by atoms with E-state index in [2.05, 4.69) is 34.5 Å². The van der Waals surface area contributed by atoms with E-state index in [0.717, 1.165) is 58.8 Å². The summed E-state index contributed by atoms with van der Waals surface area (Å²) in [7, 11) is 6.72. The molecule has 1 fully saturated rings. The molecule has 1 atom stereocenters. The number of nitrogens with one attached hydrogen (secondary N) is 1. The van der Waals surface area contributed by atoms with Crippen molar-refractivity contribution in [2.45, 2.75) is 25.4 Å². The molecule has 30 heavy (non-hydrogen) atoms. The third-order valence-electron chi connectivity index (χ3n) is 6.61. The first-order valence-electron chi connectivity index (χ1n) is 10.4. The molecule has 1 N–H and O–H groups in total. The van der Waals surface area contributed by atoms with Crippen LogP contribution in [0.15, 0.2) is 24.3 Å². The summed E-state index contributed by atoms with van der Waals surface area (Å²) >= 11 is 0. The highest BCUT2D eigenvalue weighted by molar-refractivity contribution is 6.16. The molecular formula is C24H28N2O4. The van der Waals surface area contributed by atoms with E-state index >= 15 is 0 Å². The Morgan fingerprint density at radius 1 is 0.767 bits per heavy atom. The lowest BCUT2D eigenvalue weighted by molar-refractivity contribution is 0.260. The van der Waals surface area contributed by atoms with Crippen LogP contribution in [-0.2, 0) is 6.54 Å². The molecular weight excluding hydrogens is 380 g/mol. The topological polar surface area (TPSA) is 52.2 Å². The maximum atomic E-state index is 5.64. The highest BCUT2D eigenvalue weighted by atomic mass is 16.5. The Hall–Kier alpha value is -2.86. The first-order chi connectivity index (χ1) is 14.7. The number of nitrogens with zero attached hydrogens (tertiary/aromatic N) is 1. The van der Waals surface area contributed by atoms with Crippen LogP contribution in [0.3, 0.4) is 0 Å². The summed E-state index contributed by atoms with van der Waals surface area (Å²) in [6, 6.07) is 8.92. The molecule has 0 unspecified atom stereocenters. The van der Waals surface area contributed by atoms with Crippen molar-refractivity contribution in [2.24, 2.45) is 0 Å². The molecule has 6 nitrogen and oxygen atoms in total. The van der Waals surface area contributed by atoms with Gasteiger partial charge in [-0.3, -0.25) is 4.90 Å². The van der Waals surface area contributed by atoms with E-state index in [1.165, 1.54) is 29.5 Å². The van der Waals surface area contributed by atoms with Crippen LogP contribution in [0.2, 0.25) is 0 Å². The first-order valence-corrected chi connectivity index (χ1v) is 10.4. The molecule has 3 aromatic rings. The van der Waals surface area contributed by atoms with Crippen molar-refractivity contribution in [2.75, 3.05) is 46.8 Å². The van der Waals surface area contributed by atoms with Crippen LogP contribution in [0, 0.1) is 0 Å². The summed E-state index contributed by atoms with van der Waals surface area (Å²) in [4.78, 5) is 2.60. The molecule has 2 aliphatic heterocycles. The zero-order valence-electron chi connectivity index (χ0n) is 18.0. The van der Waals surface area contributed by atoms with Crippen LogP contribution >= 0.6 is 0 Å². The molecule has 2 aliphatic rings. The Labute approximate surface area is 176 Å². The van der Waals surface area contributed by atoms with Gasteiger partial charge in [0.1, 0.15) is 0 Å². The van der Waals surface area contributed by atoms with E-state index in [9.17, 15) is 0 Å².